The van der Waals surface area contributed by atoms with Crippen LogP contribution in [0.5, 0.6) is 0 Å². The number of aromatic nitrogens is 4. The minimum Gasteiger partial charge on any atom is -0.478 e. The third-order valence-corrected chi connectivity index (χ3v) is 6.29. The van der Waals surface area contributed by atoms with Crippen molar-refractivity contribution in [2.45, 2.75) is 64.8 Å². The largest absolute Gasteiger partial charge is 0.478 e. The third kappa shape index (κ3) is 5.35. The maximum absolute atomic E-state index is 13.0. The number of carboxylic acids is 1. The number of ketones is 1. The number of benzene rings is 1. The average molecular weight is 447 g/mol. The summed E-state index contributed by atoms with van der Waals surface area (Å²) in [5.41, 5.74) is 2.34. The second-order valence-electron chi connectivity index (χ2n) is 8.71. The number of aryl methyl sites for hydroxylation is 1. The van der Waals surface area contributed by atoms with Gasteiger partial charge in [0.1, 0.15) is 5.82 Å². The zero-order valence-electron chi connectivity index (χ0n) is 19.0. The summed E-state index contributed by atoms with van der Waals surface area (Å²) < 4.78 is 1.83. The summed E-state index contributed by atoms with van der Waals surface area (Å²) in [6.07, 6.45) is 9.80. The van der Waals surface area contributed by atoms with Crippen molar-refractivity contribution >= 4 is 11.8 Å². The predicted molar refractivity (Wildman–Crippen MR) is 125 cm³/mol. The van der Waals surface area contributed by atoms with Crippen molar-refractivity contribution in [2.24, 2.45) is 5.92 Å². The number of unbranched alkanes of at least 4 members (excludes halogenated alkanes) is 1. The zero-order valence-corrected chi connectivity index (χ0v) is 19.0. The molecule has 1 fully saturated rings. The van der Waals surface area contributed by atoms with Gasteiger partial charge in [-0.1, -0.05) is 56.9 Å². The number of nitrogens with zero attached hydrogens (tertiary/aromatic N) is 4. The number of rotatable bonds is 9. The minimum atomic E-state index is -0.977. The molecular weight excluding hydrogens is 416 g/mol. The molecule has 2 aromatic heterocycles. The fourth-order valence-corrected chi connectivity index (χ4v) is 4.42. The standard InChI is InChI=1S/C26H30N4O3/c1-2-3-13-23-28-25(24(31)19-9-5-4-6-10-19)29-30(23)17-18-14-15-22(27-16-18)20-11-7-8-12-21(20)26(32)33/h7-8,11-12,14-16,19H,2-6,9-10,13,17H2,1H3,(H,32,33). The first-order chi connectivity index (χ1) is 16.1. The van der Waals surface area contributed by atoms with Crippen LogP contribution < -0.4 is 0 Å². The SMILES string of the molecule is CCCCc1nc(C(=O)C2CCCCC2)nn1Cc1ccc(-c2ccccc2C(=O)O)nc1. The number of aromatic carboxylic acids is 1. The van der Waals surface area contributed by atoms with Gasteiger partial charge in [0.15, 0.2) is 0 Å². The molecule has 0 aliphatic heterocycles. The van der Waals surface area contributed by atoms with Crippen molar-refractivity contribution in [1.29, 1.82) is 0 Å². The summed E-state index contributed by atoms with van der Waals surface area (Å²) >= 11 is 0. The van der Waals surface area contributed by atoms with E-state index in [4.69, 9.17) is 0 Å². The Kier molecular flexibility index (Phi) is 7.27. The first-order valence-corrected chi connectivity index (χ1v) is 11.8. The molecule has 33 heavy (non-hydrogen) atoms. The van der Waals surface area contributed by atoms with Crippen LogP contribution >= 0.6 is 0 Å². The monoisotopic (exact) mass is 446 g/mol. The number of carboxylic acid groups (broad SMARTS) is 1. The number of carbonyl (C=O) groups is 2. The number of carbonyl (C=O) groups excluding carboxylic acids is 1. The number of Topliss-reactive ketones (excluding diaryl/α,β-unsaturated/α-hetero) is 1. The molecule has 0 spiro atoms. The highest BCUT2D eigenvalue weighted by Gasteiger charge is 2.26. The molecule has 0 atom stereocenters. The maximum Gasteiger partial charge on any atom is 0.336 e. The summed E-state index contributed by atoms with van der Waals surface area (Å²) in [4.78, 5) is 33.6. The van der Waals surface area contributed by atoms with E-state index in [1.807, 2.05) is 16.8 Å². The van der Waals surface area contributed by atoms with Gasteiger partial charge in [-0.25, -0.2) is 14.5 Å². The van der Waals surface area contributed by atoms with E-state index in [1.165, 1.54) is 6.42 Å². The van der Waals surface area contributed by atoms with Crippen LogP contribution in [0.1, 0.15) is 84.2 Å². The molecule has 0 bridgehead atoms. The van der Waals surface area contributed by atoms with Crippen LogP contribution in [0.25, 0.3) is 11.3 Å². The van der Waals surface area contributed by atoms with Gasteiger partial charge < -0.3 is 5.11 Å². The minimum absolute atomic E-state index is 0.0453. The van der Waals surface area contributed by atoms with Crippen LogP contribution in [-0.2, 0) is 13.0 Å². The van der Waals surface area contributed by atoms with E-state index in [2.05, 4.69) is 22.0 Å². The van der Waals surface area contributed by atoms with Crippen molar-refractivity contribution in [1.82, 2.24) is 19.7 Å². The van der Waals surface area contributed by atoms with Crippen LogP contribution in [0.2, 0.25) is 0 Å². The predicted octanol–water partition coefficient (Wildman–Crippen LogP) is 5.19. The Morgan fingerprint density at radius 3 is 2.58 bits per heavy atom. The second-order valence-corrected chi connectivity index (χ2v) is 8.71. The fraction of sp³-hybridized carbons (Fsp3) is 0.423. The normalized spacial score (nSPS) is 14.3. The van der Waals surface area contributed by atoms with Gasteiger partial charge in [-0.05, 0) is 37.0 Å². The van der Waals surface area contributed by atoms with E-state index in [0.717, 1.165) is 56.3 Å². The van der Waals surface area contributed by atoms with Crippen LogP contribution in [-0.4, -0.2) is 36.6 Å². The Labute approximate surface area is 193 Å². The van der Waals surface area contributed by atoms with Gasteiger partial charge >= 0.3 is 5.97 Å². The third-order valence-electron chi connectivity index (χ3n) is 6.29. The summed E-state index contributed by atoms with van der Waals surface area (Å²) in [6, 6.07) is 10.6. The van der Waals surface area contributed by atoms with Crippen molar-refractivity contribution in [3.8, 4) is 11.3 Å². The van der Waals surface area contributed by atoms with Crippen molar-refractivity contribution in [3.05, 3.63) is 65.4 Å². The molecular formula is C26H30N4O3. The van der Waals surface area contributed by atoms with Gasteiger partial charge in [0.25, 0.3) is 0 Å². The van der Waals surface area contributed by atoms with E-state index < -0.39 is 5.97 Å². The van der Waals surface area contributed by atoms with Crippen molar-refractivity contribution in [3.63, 3.8) is 0 Å². The van der Waals surface area contributed by atoms with Crippen molar-refractivity contribution < 1.29 is 14.7 Å². The molecule has 3 aromatic rings. The summed E-state index contributed by atoms with van der Waals surface area (Å²) in [7, 11) is 0. The summed E-state index contributed by atoms with van der Waals surface area (Å²) in [5.74, 6) is 0.313. The molecule has 172 valence electrons. The van der Waals surface area contributed by atoms with Gasteiger partial charge in [0, 0.05) is 24.1 Å². The lowest BCUT2D eigenvalue weighted by Crippen LogP contribution is -2.19. The lowest BCUT2D eigenvalue weighted by atomic mass is 9.86. The van der Waals surface area contributed by atoms with Crippen LogP contribution in [0.4, 0.5) is 0 Å². The Balaban J connectivity index is 1.56. The Bertz CT molecular complexity index is 1110. The molecule has 2 heterocycles. The van der Waals surface area contributed by atoms with Crippen molar-refractivity contribution in [2.75, 3.05) is 0 Å². The molecule has 1 aromatic carbocycles. The topological polar surface area (TPSA) is 98.0 Å². The number of hydrogen-bond acceptors (Lipinski definition) is 5. The smallest absolute Gasteiger partial charge is 0.336 e. The molecule has 1 N–H and O–H groups in total. The van der Waals surface area contributed by atoms with E-state index in [0.29, 0.717) is 23.6 Å². The van der Waals surface area contributed by atoms with Gasteiger partial charge in [0.05, 0.1) is 17.8 Å². The zero-order chi connectivity index (χ0) is 23.2. The molecule has 1 aliphatic rings. The molecule has 0 amide bonds. The highest BCUT2D eigenvalue weighted by Crippen LogP contribution is 2.26. The quantitative estimate of drug-likeness (QED) is 0.454. The van der Waals surface area contributed by atoms with E-state index >= 15 is 0 Å². The highest BCUT2D eigenvalue weighted by atomic mass is 16.4. The van der Waals surface area contributed by atoms with Crippen LogP contribution in [0.15, 0.2) is 42.6 Å². The highest BCUT2D eigenvalue weighted by molar-refractivity contribution is 5.95. The molecule has 0 unspecified atom stereocenters. The molecule has 1 aliphatic carbocycles. The van der Waals surface area contributed by atoms with Gasteiger partial charge in [-0.15, -0.1) is 5.10 Å². The average Bonchev–Trinajstić information content (AvgIpc) is 3.25. The fourth-order valence-electron chi connectivity index (χ4n) is 4.42. The van der Waals surface area contributed by atoms with Crippen LogP contribution in [0.3, 0.4) is 0 Å². The molecule has 4 rings (SSSR count). The Morgan fingerprint density at radius 2 is 1.88 bits per heavy atom. The van der Waals surface area contributed by atoms with Crippen LogP contribution in [0, 0.1) is 5.92 Å². The van der Waals surface area contributed by atoms with Gasteiger partial charge in [-0.2, -0.15) is 0 Å². The molecule has 0 radical (unpaired) electrons. The maximum atomic E-state index is 13.0. The van der Waals surface area contributed by atoms with Gasteiger partial charge in [-0.3, -0.25) is 9.78 Å². The molecule has 1 saturated carbocycles. The number of pyridine rings is 1. The lowest BCUT2D eigenvalue weighted by molar-refractivity contribution is 0.0697. The first-order valence-electron chi connectivity index (χ1n) is 11.8. The molecule has 7 heteroatoms. The van der Waals surface area contributed by atoms with E-state index in [1.54, 1.807) is 30.5 Å². The molecule has 0 saturated heterocycles. The van der Waals surface area contributed by atoms with E-state index in [-0.39, 0.29) is 17.3 Å². The lowest BCUT2D eigenvalue weighted by Gasteiger charge is -2.18. The Hall–Kier alpha value is -3.35. The summed E-state index contributed by atoms with van der Waals surface area (Å²) in [5, 5.41) is 14.0. The van der Waals surface area contributed by atoms with Gasteiger partial charge in [0.2, 0.25) is 11.6 Å². The second kappa shape index (κ2) is 10.5. The number of hydrogen-bond donors (Lipinski definition) is 1. The Morgan fingerprint density at radius 1 is 1.09 bits per heavy atom. The van der Waals surface area contributed by atoms with E-state index in [9.17, 15) is 14.7 Å². The summed E-state index contributed by atoms with van der Waals surface area (Å²) in [6.45, 7) is 2.60. The first kappa shape index (κ1) is 22.8. The molecule has 7 nitrogen and oxygen atoms in total.